The van der Waals surface area contributed by atoms with E-state index < -0.39 is 6.10 Å². The number of aliphatic hydroxyl groups excluding tert-OH is 1. The number of hydrogen-bond acceptors (Lipinski definition) is 1. The first-order valence-corrected chi connectivity index (χ1v) is 5.45. The molecular weight excluding hydrogens is 219 g/mol. The number of aryl methyl sites for hydroxylation is 1. The van der Waals surface area contributed by atoms with Crippen LogP contribution in [0.5, 0.6) is 0 Å². The summed E-state index contributed by atoms with van der Waals surface area (Å²) in [6, 6.07) is 3.54. The molecule has 0 heterocycles. The Morgan fingerprint density at radius 1 is 1.29 bits per heavy atom. The third-order valence-corrected chi connectivity index (χ3v) is 2.93. The van der Waals surface area contributed by atoms with E-state index in [1.54, 1.807) is 6.07 Å². The predicted octanol–water partition coefficient (Wildman–Crippen LogP) is 4.14. The third-order valence-electron chi connectivity index (χ3n) is 2.20. The minimum absolute atomic E-state index is 0.483. The lowest BCUT2D eigenvalue weighted by atomic mass is 10.0. The monoisotopic (exact) mass is 232 g/mol. The van der Waals surface area contributed by atoms with Gasteiger partial charge >= 0.3 is 0 Å². The first-order valence-electron chi connectivity index (χ1n) is 4.69. The van der Waals surface area contributed by atoms with Crippen LogP contribution >= 0.6 is 23.2 Å². The summed E-state index contributed by atoms with van der Waals surface area (Å²) in [5.41, 5.74) is 1.72. The molecule has 1 N–H and O–H groups in total. The van der Waals surface area contributed by atoms with Crippen LogP contribution in [0.15, 0.2) is 12.1 Å². The van der Waals surface area contributed by atoms with E-state index in [4.69, 9.17) is 23.2 Å². The van der Waals surface area contributed by atoms with Crippen molar-refractivity contribution in [2.45, 2.75) is 32.8 Å². The van der Waals surface area contributed by atoms with Gasteiger partial charge in [-0.05, 0) is 30.5 Å². The molecule has 0 bridgehead atoms. The smallest absolute Gasteiger partial charge is 0.0804 e. The van der Waals surface area contributed by atoms with E-state index in [1.807, 2.05) is 19.9 Å². The molecule has 0 spiro atoms. The molecule has 0 saturated carbocycles. The number of benzene rings is 1. The van der Waals surface area contributed by atoms with Crippen LogP contribution in [0.2, 0.25) is 10.0 Å². The molecule has 1 aromatic carbocycles. The Kier molecular flexibility index (Phi) is 4.24. The van der Waals surface area contributed by atoms with E-state index >= 15 is 0 Å². The second-order valence-corrected chi connectivity index (χ2v) is 4.24. The van der Waals surface area contributed by atoms with Crippen molar-refractivity contribution in [1.82, 2.24) is 0 Å². The molecule has 1 rings (SSSR count). The lowest BCUT2D eigenvalue weighted by molar-refractivity contribution is 0.166. The summed E-state index contributed by atoms with van der Waals surface area (Å²) in [5.74, 6) is 0. The van der Waals surface area contributed by atoms with Crippen molar-refractivity contribution in [2.24, 2.45) is 0 Å². The zero-order valence-electron chi connectivity index (χ0n) is 8.35. The van der Waals surface area contributed by atoms with Crippen LogP contribution in [-0.4, -0.2) is 5.11 Å². The van der Waals surface area contributed by atoms with Crippen molar-refractivity contribution in [1.29, 1.82) is 0 Å². The zero-order chi connectivity index (χ0) is 10.7. The normalized spacial score (nSPS) is 12.9. The van der Waals surface area contributed by atoms with Gasteiger partial charge in [-0.25, -0.2) is 0 Å². The quantitative estimate of drug-likeness (QED) is 0.831. The fourth-order valence-corrected chi connectivity index (χ4v) is 1.87. The van der Waals surface area contributed by atoms with Crippen molar-refractivity contribution < 1.29 is 5.11 Å². The van der Waals surface area contributed by atoms with Crippen molar-refractivity contribution in [3.8, 4) is 0 Å². The topological polar surface area (TPSA) is 20.2 Å². The lowest BCUT2D eigenvalue weighted by Crippen LogP contribution is -1.98. The highest BCUT2D eigenvalue weighted by molar-refractivity contribution is 6.35. The second-order valence-electron chi connectivity index (χ2n) is 3.43. The summed E-state index contributed by atoms with van der Waals surface area (Å²) in [6.07, 6.45) is 1.17. The highest BCUT2D eigenvalue weighted by Crippen LogP contribution is 2.30. The van der Waals surface area contributed by atoms with Crippen LogP contribution < -0.4 is 0 Å². The van der Waals surface area contributed by atoms with E-state index in [9.17, 15) is 5.11 Å². The molecule has 78 valence electrons. The number of aliphatic hydroxyl groups is 1. The standard InChI is InChI=1S/C11H14Cl2O/c1-3-4-11(14)8-5-7(2)9(12)6-10(8)13/h5-6,11,14H,3-4H2,1-2H3. The molecule has 0 radical (unpaired) electrons. The van der Waals surface area contributed by atoms with E-state index in [-0.39, 0.29) is 0 Å². The van der Waals surface area contributed by atoms with Gasteiger partial charge in [0.2, 0.25) is 0 Å². The summed E-state index contributed by atoms with van der Waals surface area (Å²) in [7, 11) is 0. The summed E-state index contributed by atoms with van der Waals surface area (Å²) < 4.78 is 0. The summed E-state index contributed by atoms with van der Waals surface area (Å²) in [6.45, 7) is 3.93. The van der Waals surface area contributed by atoms with Crippen molar-refractivity contribution in [3.63, 3.8) is 0 Å². The molecule has 0 fully saturated rings. The summed E-state index contributed by atoms with van der Waals surface area (Å²) in [4.78, 5) is 0. The van der Waals surface area contributed by atoms with Gasteiger partial charge in [0, 0.05) is 10.0 Å². The van der Waals surface area contributed by atoms with Gasteiger partial charge in [0.05, 0.1) is 6.10 Å². The van der Waals surface area contributed by atoms with Crippen LogP contribution in [0.3, 0.4) is 0 Å². The Morgan fingerprint density at radius 3 is 2.50 bits per heavy atom. The summed E-state index contributed by atoms with van der Waals surface area (Å²) >= 11 is 11.9. The molecular formula is C11H14Cl2O. The van der Waals surface area contributed by atoms with E-state index in [1.165, 1.54) is 0 Å². The van der Waals surface area contributed by atoms with E-state index in [0.717, 1.165) is 24.0 Å². The fraction of sp³-hybridized carbons (Fsp3) is 0.455. The molecule has 0 aliphatic carbocycles. The maximum Gasteiger partial charge on any atom is 0.0804 e. The Balaban J connectivity index is 3.02. The molecule has 0 amide bonds. The molecule has 0 aromatic heterocycles. The minimum Gasteiger partial charge on any atom is -0.388 e. The average molecular weight is 233 g/mol. The van der Waals surface area contributed by atoms with Crippen LogP contribution in [-0.2, 0) is 0 Å². The Bertz CT molecular complexity index is 323. The van der Waals surface area contributed by atoms with Crippen molar-refractivity contribution in [2.75, 3.05) is 0 Å². The van der Waals surface area contributed by atoms with Gasteiger partial charge in [0.15, 0.2) is 0 Å². The largest absolute Gasteiger partial charge is 0.388 e. The van der Waals surface area contributed by atoms with E-state index in [0.29, 0.717) is 10.0 Å². The average Bonchev–Trinajstić information content (AvgIpc) is 2.11. The van der Waals surface area contributed by atoms with Crippen LogP contribution in [0.4, 0.5) is 0 Å². The molecule has 1 unspecified atom stereocenters. The molecule has 0 aliphatic rings. The van der Waals surface area contributed by atoms with Gasteiger partial charge in [-0.3, -0.25) is 0 Å². The Labute approximate surface area is 94.7 Å². The molecule has 3 heteroatoms. The van der Waals surface area contributed by atoms with E-state index in [2.05, 4.69) is 0 Å². The van der Waals surface area contributed by atoms with Gasteiger partial charge in [-0.15, -0.1) is 0 Å². The maximum absolute atomic E-state index is 9.79. The highest BCUT2D eigenvalue weighted by Gasteiger charge is 2.12. The zero-order valence-corrected chi connectivity index (χ0v) is 9.86. The Morgan fingerprint density at radius 2 is 1.93 bits per heavy atom. The fourth-order valence-electron chi connectivity index (χ4n) is 1.36. The maximum atomic E-state index is 9.79. The molecule has 1 atom stereocenters. The van der Waals surface area contributed by atoms with Gasteiger partial charge < -0.3 is 5.11 Å². The molecule has 14 heavy (non-hydrogen) atoms. The first-order chi connectivity index (χ1) is 6.56. The molecule has 0 aliphatic heterocycles. The minimum atomic E-state index is -0.483. The predicted molar refractivity (Wildman–Crippen MR) is 61.1 cm³/mol. The van der Waals surface area contributed by atoms with Crippen LogP contribution in [0, 0.1) is 6.92 Å². The van der Waals surface area contributed by atoms with Gasteiger partial charge in [-0.2, -0.15) is 0 Å². The number of halogens is 2. The second kappa shape index (κ2) is 5.01. The van der Waals surface area contributed by atoms with Gasteiger partial charge in [0.25, 0.3) is 0 Å². The van der Waals surface area contributed by atoms with Gasteiger partial charge in [0.1, 0.15) is 0 Å². The molecule has 1 aromatic rings. The Hall–Kier alpha value is -0.240. The number of rotatable bonds is 3. The van der Waals surface area contributed by atoms with Crippen LogP contribution in [0.1, 0.15) is 37.0 Å². The molecule has 1 nitrogen and oxygen atoms in total. The lowest BCUT2D eigenvalue weighted by Gasteiger charge is -2.13. The molecule has 0 saturated heterocycles. The highest BCUT2D eigenvalue weighted by atomic mass is 35.5. The first kappa shape index (κ1) is 11.8. The third kappa shape index (κ3) is 2.63. The van der Waals surface area contributed by atoms with Gasteiger partial charge in [-0.1, -0.05) is 42.6 Å². The van der Waals surface area contributed by atoms with Crippen molar-refractivity contribution in [3.05, 3.63) is 33.3 Å². The SMILES string of the molecule is CCCC(O)c1cc(C)c(Cl)cc1Cl. The number of hydrogen-bond donors (Lipinski definition) is 1. The van der Waals surface area contributed by atoms with Crippen LogP contribution in [0.25, 0.3) is 0 Å². The van der Waals surface area contributed by atoms with Crippen molar-refractivity contribution >= 4 is 23.2 Å². The summed E-state index contributed by atoms with van der Waals surface area (Å²) in [5, 5.41) is 11.0.